The monoisotopic (exact) mass is 259 g/mol. The summed E-state index contributed by atoms with van der Waals surface area (Å²) in [7, 11) is 1.31. The second-order valence-corrected chi connectivity index (χ2v) is 4.79. The van der Waals surface area contributed by atoms with Crippen LogP contribution in [0.4, 0.5) is 0 Å². The lowest BCUT2D eigenvalue weighted by Crippen LogP contribution is -2.31. The lowest BCUT2D eigenvalue weighted by molar-refractivity contribution is -0.156. The Kier molecular flexibility index (Phi) is 7.00. The van der Waals surface area contributed by atoms with Gasteiger partial charge in [-0.2, -0.15) is 0 Å². The van der Waals surface area contributed by atoms with E-state index in [1.165, 1.54) is 7.11 Å². The molecule has 0 radical (unpaired) electrons. The van der Waals surface area contributed by atoms with Crippen molar-refractivity contribution in [2.75, 3.05) is 13.7 Å². The normalized spacial score (nSPS) is 10.7. The van der Waals surface area contributed by atoms with E-state index >= 15 is 0 Å². The third-order valence-electron chi connectivity index (χ3n) is 1.83. The van der Waals surface area contributed by atoms with E-state index in [-0.39, 0.29) is 18.8 Å². The Balaban J connectivity index is 3.72. The molecule has 0 unspecified atom stereocenters. The molecule has 0 saturated carbocycles. The average Bonchev–Trinajstić information content (AvgIpc) is 2.21. The van der Waals surface area contributed by atoms with Crippen molar-refractivity contribution < 1.29 is 23.9 Å². The molecule has 0 aliphatic carbocycles. The van der Waals surface area contributed by atoms with Crippen molar-refractivity contribution in [1.29, 1.82) is 0 Å². The molecule has 6 nitrogen and oxygen atoms in total. The van der Waals surface area contributed by atoms with Gasteiger partial charge in [0.15, 0.2) is 0 Å². The van der Waals surface area contributed by atoms with Crippen LogP contribution in [0.25, 0.3) is 0 Å². The van der Waals surface area contributed by atoms with E-state index in [0.29, 0.717) is 13.0 Å². The standard InChI is InChI=1S/C12H21NO5/c1-12(2,3)18-11(16)8-9(14)13-7-5-6-10(15)17-4/h5-8H2,1-4H3,(H,13,14). The van der Waals surface area contributed by atoms with Crippen LogP contribution in [0.5, 0.6) is 0 Å². The van der Waals surface area contributed by atoms with E-state index in [9.17, 15) is 14.4 Å². The first-order valence-corrected chi connectivity index (χ1v) is 5.80. The molecule has 0 aromatic rings. The van der Waals surface area contributed by atoms with Gasteiger partial charge in [0, 0.05) is 13.0 Å². The predicted molar refractivity (Wildman–Crippen MR) is 64.7 cm³/mol. The lowest BCUT2D eigenvalue weighted by Gasteiger charge is -2.19. The fourth-order valence-electron chi connectivity index (χ4n) is 1.13. The van der Waals surface area contributed by atoms with E-state index in [0.717, 1.165) is 0 Å². The first-order valence-electron chi connectivity index (χ1n) is 5.80. The minimum absolute atomic E-state index is 0.239. The van der Waals surface area contributed by atoms with Crippen molar-refractivity contribution >= 4 is 17.8 Å². The zero-order valence-corrected chi connectivity index (χ0v) is 11.4. The molecule has 0 aromatic heterocycles. The van der Waals surface area contributed by atoms with E-state index in [1.807, 2.05) is 0 Å². The van der Waals surface area contributed by atoms with Crippen molar-refractivity contribution in [3.05, 3.63) is 0 Å². The highest BCUT2D eigenvalue weighted by Crippen LogP contribution is 2.07. The average molecular weight is 259 g/mol. The fraction of sp³-hybridized carbons (Fsp3) is 0.750. The first-order chi connectivity index (χ1) is 8.24. The number of methoxy groups -OCH3 is 1. The molecule has 0 fully saturated rings. The summed E-state index contributed by atoms with van der Waals surface area (Å²) in [6.45, 7) is 5.54. The highest BCUT2D eigenvalue weighted by molar-refractivity contribution is 5.94. The Hall–Kier alpha value is -1.59. The topological polar surface area (TPSA) is 81.7 Å². The summed E-state index contributed by atoms with van der Waals surface area (Å²) >= 11 is 0. The molecule has 0 aliphatic rings. The number of amides is 1. The Morgan fingerprint density at radius 1 is 1.11 bits per heavy atom. The first kappa shape index (κ1) is 16.4. The van der Waals surface area contributed by atoms with Gasteiger partial charge in [-0.1, -0.05) is 0 Å². The van der Waals surface area contributed by atoms with Gasteiger partial charge in [-0.3, -0.25) is 14.4 Å². The van der Waals surface area contributed by atoms with Gasteiger partial charge < -0.3 is 14.8 Å². The van der Waals surface area contributed by atoms with E-state index in [4.69, 9.17) is 4.74 Å². The highest BCUT2D eigenvalue weighted by atomic mass is 16.6. The summed E-state index contributed by atoms with van der Waals surface area (Å²) in [5, 5.41) is 2.53. The van der Waals surface area contributed by atoms with Crippen LogP contribution in [0, 0.1) is 0 Å². The van der Waals surface area contributed by atoms with Crippen LogP contribution in [0.15, 0.2) is 0 Å². The fourth-order valence-corrected chi connectivity index (χ4v) is 1.13. The van der Waals surface area contributed by atoms with Gasteiger partial charge in [0.05, 0.1) is 7.11 Å². The third kappa shape index (κ3) is 9.62. The molecule has 1 amide bonds. The molecule has 0 rings (SSSR count). The summed E-state index contributed by atoms with van der Waals surface area (Å²) in [5.74, 6) is -1.29. The number of hydrogen-bond acceptors (Lipinski definition) is 5. The van der Waals surface area contributed by atoms with Gasteiger partial charge in [-0.05, 0) is 27.2 Å². The van der Waals surface area contributed by atoms with Gasteiger partial charge >= 0.3 is 11.9 Å². The van der Waals surface area contributed by atoms with E-state index < -0.39 is 17.5 Å². The van der Waals surface area contributed by atoms with Crippen LogP contribution < -0.4 is 5.32 Å². The van der Waals surface area contributed by atoms with Gasteiger partial charge in [0.25, 0.3) is 0 Å². The predicted octanol–water partition coefficient (Wildman–Crippen LogP) is 0.788. The second kappa shape index (κ2) is 7.68. The Labute approximate surface area is 107 Å². The van der Waals surface area contributed by atoms with E-state index in [2.05, 4.69) is 10.1 Å². The Morgan fingerprint density at radius 2 is 1.72 bits per heavy atom. The molecule has 104 valence electrons. The minimum Gasteiger partial charge on any atom is -0.469 e. The van der Waals surface area contributed by atoms with Gasteiger partial charge in [-0.15, -0.1) is 0 Å². The molecule has 0 aromatic carbocycles. The van der Waals surface area contributed by atoms with Crippen molar-refractivity contribution in [2.24, 2.45) is 0 Å². The SMILES string of the molecule is COC(=O)CCCNC(=O)CC(=O)OC(C)(C)C. The van der Waals surface area contributed by atoms with Crippen LogP contribution in [0.2, 0.25) is 0 Å². The summed E-state index contributed by atoms with van der Waals surface area (Å²) in [5.41, 5.74) is -0.595. The molecule has 0 spiro atoms. The molecule has 18 heavy (non-hydrogen) atoms. The maximum atomic E-state index is 11.3. The number of hydrogen-bond donors (Lipinski definition) is 1. The quantitative estimate of drug-likeness (QED) is 0.433. The Morgan fingerprint density at radius 3 is 2.22 bits per heavy atom. The van der Waals surface area contributed by atoms with Crippen molar-refractivity contribution in [1.82, 2.24) is 5.32 Å². The number of nitrogens with one attached hydrogen (secondary N) is 1. The summed E-state index contributed by atoms with van der Waals surface area (Å²) in [4.78, 5) is 33.4. The van der Waals surface area contributed by atoms with Crippen molar-refractivity contribution in [3.63, 3.8) is 0 Å². The molecule has 6 heteroatoms. The second-order valence-electron chi connectivity index (χ2n) is 4.79. The number of ether oxygens (including phenoxy) is 2. The van der Waals surface area contributed by atoms with Crippen LogP contribution in [-0.2, 0) is 23.9 Å². The molecular weight excluding hydrogens is 238 g/mol. The molecule has 0 bridgehead atoms. The molecule has 0 aliphatic heterocycles. The van der Waals surface area contributed by atoms with Crippen molar-refractivity contribution in [3.8, 4) is 0 Å². The number of carbonyl (C=O) groups is 3. The lowest BCUT2D eigenvalue weighted by atomic mass is 10.2. The van der Waals surface area contributed by atoms with Gasteiger partial charge in [0.2, 0.25) is 5.91 Å². The summed E-state index contributed by atoms with van der Waals surface area (Å²) in [6, 6.07) is 0. The van der Waals surface area contributed by atoms with Gasteiger partial charge in [-0.25, -0.2) is 0 Å². The molecule has 0 atom stereocenters. The molecule has 1 N–H and O–H groups in total. The van der Waals surface area contributed by atoms with Crippen LogP contribution >= 0.6 is 0 Å². The summed E-state index contributed by atoms with van der Waals surface area (Å²) in [6.07, 6.45) is 0.408. The van der Waals surface area contributed by atoms with E-state index in [1.54, 1.807) is 20.8 Å². The largest absolute Gasteiger partial charge is 0.469 e. The molecule has 0 heterocycles. The minimum atomic E-state index is -0.595. The number of carbonyl (C=O) groups excluding carboxylic acids is 3. The van der Waals surface area contributed by atoms with Crippen molar-refractivity contribution in [2.45, 2.75) is 45.6 Å². The smallest absolute Gasteiger partial charge is 0.315 e. The Bertz CT molecular complexity index is 306. The maximum absolute atomic E-state index is 11.3. The maximum Gasteiger partial charge on any atom is 0.315 e. The van der Waals surface area contributed by atoms with Crippen LogP contribution in [0.1, 0.15) is 40.0 Å². The number of rotatable bonds is 6. The zero-order valence-electron chi connectivity index (χ0n) is 11.4. The van der Waals surface area contributed by atoms with Crippen LogP contribution in [-0.4, -0.2) is 37.1 Å². The summed E-state index contributed by atoms with van der Waals surface area (Å²) < 4.78 is 9.45. The number of esters is 2. The zero-order chi connectivity index (χ0) is 14.2. The molecule has 0 saturated heterocycles. The van der Waals surface area contributed by atoms with Gasteiger partial charge in [0.1, 0.15) is 12.0 Å². The molecular formula is C12H21NO5. The highest BCUT2D eigenvalue weighted by Gasteiger charge is 2.18. The third-order valence-corrected chi connectivity index (χ3v) is 1.83. The van der Waals surface area contributed by atoms with Crippen LogP contribution in [0.3, 0.4) is 0 Å².